The molecule has 0 saturated heterocycles. The summed E-state index contributed by atoms with van der Waals surface area (Å²) in [6.07, 6.45) is 3.87. The van der Waals surface area contributed by atoms with Gasteiger partial charge in [-0.05, 0) is 48.4 Å². The third-order valence-electron chi connectivity index (χ3n) is 4.89. The molecule has 5 heteroatoms. The molecule has 2 amide bonds. The van der Waals surface area contributed by atoms with Crippen molar-refractivity contribution in [3.05, 3.63) is 71.6 Å². The fraction of sp³-hybridized carbons (Fsp3) is 0.182. The molecule has 5 nitrogen and oxygen atoms in total. The van der Waals surface area contributed by atoms with Gasteiger partial charge < -0.3 is 15.2 Å². The predicted octanol–water partition coefficient (Wildman–Crippen LogP) is 4.38. The number of hydrogen-bond donors (Lipinski definition) is 2. The Labute approximate surface area is 157 Å². The van der Waals surface area contributed by atoms with Gasteiger partial charge >= 0.3 is 0 Å². The maximum atomic E-state index is 12.7. The average Bonchev–Trinajstić information content (AvgIpc) is 3.01. The van der Waals surface area contributed by atoms with E-state index in [1.165, 1.54) is 6.92 Å². The first kappa shape index (κ1) is 17.1. The van der Waals surface area contributed by atoms with Crippen molar-refractivity contribution in [1.29, 1.82) is 0 Å². The number of aromatic nitrogens is 1. The zero-order valence-corrected chi connectivity index (χ0v) is 15.3. The summed E-state index contributed by atoms with van der Waals surface area (Å²) in [7, 11) is 0. The SMILES string of the molecule is CC(=O)N1C=Cc2ccccc2C1CC(=O)Nc1ccc2[nH]c(C)cc2c1. The highest BCUT2D eigenvalue weighted by molar-refractivity contribution is 5.94. The lowest BCUT2D eigenvalue weighted by molar-refractivity contribution is -0.129. The van der Waals surface area contributed by atoms with Crippen LogP contribution in [0.5, 0.6) is 0 Å². The lowest BCUT2D eigenvalue weighted by atomic mass is 9.93. The number of aryl methyl sites for hydroxylation is 1. The number of nitrogens with zero attached hydrogens (tertiary/aromatic N) is 1. The number of amides is 2. The van der Waals surface area contributed by atoms with Crippen LogP contribution >= 0.6 is 0 Å². The molecule has 0 fully saturated rings. The molecule has 0 spiro atoms. The first-order valence-electron chi connectivity index (χ1n) is 8.96. The molecule has 1 aliphatic heterocycles. The van der Waals surface area contributed by atoms with E-state index in [1.54, 1.807) is 11.1 Å². The molecule has 136 valence electrons. The lowest BCUT2D eigenvalue weighted by Gasteiger charge is -2.32. The van der Waals surface area contributed by atoms with E-state index >= 15 is 0 Å². The van der Waals surface area contributed by atoms with Crippen molar-refractivity contribution in [3.63, 3.8) is 0 Å². The van der Waals surface area contributed by atoms with Gasteiger partial charge in [0.25, 0.3) is 0 Å². The number of anilines is 1. The molecule has 0 bridgehead atoms. The number of rotatable bonds is 3. The number of fused-ring (bicyclic) bond motifs is 2. The van der Waals surface area contributed by atoms with Gasteiger partial charge in [-0.15, -0.1) is 0 Å². The summed E-state index contributed by atoms with van der Waals surface area (Å²) in [5, 5.41) is 4.02. The van der Waals surface area contributed by atoms with Gasteiger partial charge in [-0.25, -0.2) is 0 Å². The quantitative estimate of drug-likeness (QED) is 0.729. The predicted molar refractivity (Wildman–Crippen MR) is 107 cm³/mol. The molecule has 3 aromatic rings. The highest BCUT2D eigenvalue weighted by Gasteiger charge is 2.28. The van der Waals surface area contributed by atoms with Gasteiger partial charge in [0.1, 0.15) is 0 Å². The van der Waals surface area contributed by atoms with Gasteiger partial charge in [0.15, 0.2) is 0 Å². The topological polar surface area (TPSA) is 65.2 Å². The summed E-state index contributed by atoms with van der Waals surface area (Å²) in [6.45, 7) is 3.52. The van der Waals surface area contributed by atoms with Gasteiger partial charge in [-0.1, -0.05) is 24.3 Å². The van der Waals surface area contributed by atoms with Crippen molar-refractivity contribution >= 4 is 34.5 Å². The second kappa shape index (κ2) is 6.76. The van der Waals surface area contributed by atoms with Crippen molar-refractivity contribution in [2.45, 2.75) is 26.3 Å². The highest BCUT2D eigenvalue weighted by Crippen LogP contribution is 2.33. The zero-order valence-electron chi connectivity index (χ0n) is 15.3. The fourth-order valence-corrected chi connectivity index (χ4v) is 3.66. The van der Waals surface area contributed by atoms with Crippen LogP contribution in [0.25, 0.3) is 17.0 Å². The van der Waals surface area contributed by atoms with E-state index in [-0.39, 0.29) is 24.3 Å². The minimum Gasteiger partial charge on any atom is -0.359 e. The molecule has 4 rings (SSSR count). The Morgan fingerprint density at radius 3 is 2.78 bits per heavy atom. The maximum absolute atomic E-state index is 12.7. The first-order chi connectivity index (χ1) is 13.0. The Hall–Kier alpha value is -3.34. The maximum Gasteiger partial charge on any atom is 0.226 e. The largest absolute Gasteiger partial charge is 0.359 e. The van der Waals surface area contributed by atoms with E-state index in [0.29, 0.717) is 0 Å². The number of H-pyrrole nitrogens is 1. The van der Waals surface area contributed by atoms with Crippen LogP contribution in [0.2, 0.25) is 0 Å². The Bertz CT molecular complexity index is 1060. The Morgan fingerprint density at radius 2 is 1.96 bits per heavy atom. The average molecular weight is 359 g/mol. The molecule has 0 radical (unpaired) electrons. The Balaban J connectivity index is 1.56. The van der Waals surface area contributed by atoms with Crippen molar-refractivity contribution in [2.75, 3.05) is 5.32 Å². The highest BCUT2D eigenvalue weighted by atomic mass is 16.2. The fourth-order valence-electron chi connectivity index (χ4n) is 3.66. The second-order valence-corrected chi connectivity index (χ2v) is 6.89. The Kier molecular flexibility index (Phi) is 4.28. The molecule has 2 N–H and O–H groups in total. The second-order valence-electron chi connectivity index (χ2n) is 6.89. The van der Waals surface area contributed by atoms with Crippen LogP contribution in [0.4, 0.5) is 5.69 Å². The van der Waals surface area contributed by atoms with E-state index in [0.717, 1.165) is 33.4 Å². The minimum absolute atomic E-state index is 0.0808. The molecule has 2 heterocycles. The van der Waals surface area contributed by atoms with Crippen LogP contribution in [0, 0.1) is 6.92 Å². The summed E-state index contributed by atoms with van der Waals surface area (Å²) in [5.41, 5.74) is 4.90. The van der Waals surface area contributed by atoms with Crippen LogP contribution in [-0.4, -0.2) is 21.7 Å². The van der Waals surface area contributed by atoms with Crippen LogP contribution in [-0.2, 0) is 9.59 Å². The van der Waals surface area contributed by atoms with Gasteiger partial charge in [-0.3, -0.25) is 9.59 Å². The van der Waals surface area contributed by atoms with Crippen molar-refractivity contribution < 1.29 is 9.59 Å². The number of carbonyl (C=O) groups is 2. The Morgan fingerprint density at radius 1 is 1.15 bits per heavy atom. The number of aromatic amines is 1. The van der Waals surface area contributed by atoms with Gasteiger partial charge in [-0.2, -0.15) is 0 Å². The number of benzene rings is 2. The van der Waals surface area contributed by atoms with Crippen LogP contribution in [0.3, 0.4) is 0 Å². The molecular formula is C22H21N3O2. The lowest BCUT2D eigenvalue weighted by Crippen LogP contribution is -2.33. The standard InChI is InChI=1S/C22H21N3O2/c1-14-11-17-12-18(7-8-20(17)23-14)24-22(27)13-21-19-6-4-3-5-16(19)9-10-25(21)15(2)26/h3-12,21,23H,13H2,1-2H3,(H,24,27). The van der Waals surface area contributed by atoms with Crippen LogP contribution < -0.4 is 5.32 Å². The summed E-state index contributed by atoms with van der Waals surface area (Å²) >= 11 is 0. The molecule has 1 unspecified atom stereocenters. The van der Waals surface area contributed by atoms with Gasteiger partial charge in [0.2, 0.25) is 11.8 Å². The van der Waals surface area contributed by atoms with E-state index in [9.17, 15) is 9.59 Å². The normalized spacial score (nSPS) is 15.6. The molecule has 1 aliphatic rings. The third kappa shape index (κ3) is 3.36. The first-order valence-corrected chi connectivity index (χ1v) is 8.96. The minimum atomic E-state index is -0.304. The van der Waals surface area contributed by atoms with E-state index in [2.05, 4.69) is 10.3 Å². The van der Waals surface area contributed by atoms with Gasteiger partial charge in [0.05, 0.1) is 12.5 Å². The molecular weight excluding hydrogens is 338 g/mol. The van der Waals surface area contributed by atoms with Gasteiger partial charge in [0, 0.05) is 35.4 Å². The molecule has 2 aromatic carbocycles. The van der Waals surface area contributed by atoms with E-state index in [1.807, 2.05) is 61.5 Å². The molecule has 1 atom stereocenters. The summed E-state index contributed by atoms with van der Waals surface area (Å²) in [4.78, 5) is 29.7. The summed E-state index contributed by atoms with van der Waals surface area (Å²) < 4.78 is 0. The third-order valence-corrected chi connectivity index (χ3v) is 4.89. The smallest absolute Gasteiger partial charge is 0.226 e. The summed E-state index contributed by atoms with van der Waals surface area (Å²) in [5.74, 6) is -0.203. The summed E-state index contributed by atoms with van der Waals surface area (Å²) in [6, 6.07) is 15.4. The van der Waals surface area contributed by atoms with Crippen LogP contribution in [0.1, 0.15) is 36.2 Å². The molecule has 0 saturated carbocycles. The monoisotopic (exact) mass is 359 g/mol. The number of carbonyl (C=O) groups excluding carboxylic acids is 2. The molecule has 0 aliphatic carbocycles. The zero-order chi connectivity index (χ0) is 19.0. The van der Waals surface area contributed by atoms with Crippen molar-refractivity contribution in [3.8, 4) is 0 Å². The van der Waals surface area contributed by atoms with E-state index < -0.39 is 0 Å². The van der Waals surface area contributed by atoms with Crippen LogP contribution in [0.15, 0.2) is 54.7 Å². The number of nitrogens with one attached hydrogen (secondary N) is 2. The van der Waals surface area contributed by atoms with E-state index in [4.69, 9.17) is 0 Å². The van der Waals surface area contributed by atoms with Crippen molar-refractivity contribution in [1.82, 2.24) is 9.88 Å². The number of hydrogen-bond acceptors (Lipinski definition) is 2. The molecule has 27 heavy (non-hydrogen) atoms. The molecule has 1 aromatic heterocycles. The van der Waals surface area contributed by atoms with Crippen molar-refractivity contribution in [2.24, 2.45) is 0 Å².